The Labute approximate surface area is 167 Å². The van der Waals surface area contributed by atoms with Crippen molar-refractivity contribution in [3.05, 3.63) is 29.3 Å². The lowest BCUT2D eigenvalue weighted by atomic mass is 10.1. The summed E-state index contributed by atoms with van der Waals surface area (Å²) >= 11 is 0. The van der Waals surface area contributed by atoms with Gasteiger partial charge in [-0.2, -0.15) is 0 Å². The number of aliphatic imine (C=N–C) groups is 1. The molecule has 0 saturated carbocycles. The number of esters is 1. The van der Waals surface area contributed by atoms with E-state index in [1.54, 1.807) is 19.2 Å². The van der Waals surface area contributed by atoms with E-state index in [1.807, 2.05) is 6.07 Å². The highest BCUT2D eigenvalue weighted by Crippen LogP contribution is 2.20. The van der Waals surface area contributed by atoms with E-state index in [0.29, 0.717) is 23.8 Å². The molecule has 0 spiro atoms. The van der Waals surface area contributed by atoms with E-state index in [2.05, 4.69) is 29.5 Å². The lowest BCUT2D eigenvalue weighted by molar-refractivity contribution is 0.0597. The van der Waals surface area contributed by atoms with Gasteiger partial charge in [-0.25, -0.2) is 4.79 Å². The minimum Gasteiger partial charge on any atom is -0.496 e. The monoisotopic (exact) mass is 463 g/mol. The number of rotatable bonds is 8. The van der Waals surface area contributed by atoms with E-state index in [9.17, 15) is 4.79 Å². The summed E-state index contributed by atoms with van der Waals surface area (Å²) in [6.07, 6.45) is 2.29. The first-order valence-electron chi connectivity index (χ1n) is 8.21. The fourth-order valence-electron chi connectivity index (χ4n) is 2.26. The summed E-state index contributed by atoms with van der Waals surface area (Å²) in [4.78, 5) is 16.0. The molecule has 6 nitrogen and oxygen atoms in total. The molecule has 0 saturated heterocycles. The molecule has 0 unspecified atom stereocenters. The van der Waals surface area contributed by atoms with E-state index < -0.39 is 5.97 Å². The maximum atomic E-state index is 11.8. The van der Waals surface area contributed by atoms with Gasteiger partial charge in [0.2, 0.25) is 0 Å². The summed E-state index contributed by atoms with van der Waals surface area (Å²) in [7, 11) is 4.63. The minimum absolute atomic E-state index is 0. The molecule has 0 bridgehead atoms. The summed E-state index contributed by atoms with van der Waals surface area (Å²) in [5, 5.41) is 6.53. The van der Waals surface area contributed by atoms with Crippen LogP contribution in [0.2, 0.25) is 0 Å². The predicted molar refractivity (Wildman–Crippen MR) is 112 cm³/mol. The average Bonchev–Trinajstić information content (AvgIpc) is 2.59. The number of hydrogen-bond acceptors (Lipinski definition) is 4. The Bertz CT molecular complexity index is 562. The molecule has 0 amide bonds. The van der Waals surface area contributed by atoms with Crippen LogP contribution in [0.1, 0.15) is 42.6 Å². The van der Waals surface area contributed by atoms with E-state index in [4.69, 9.17) is 9.47 Å². The number of nitrogens with zero attached hydrogens (tertiary/aromatic N) is 1. The van der Waals surface area contributed by atoms with Gasteiger partial charge < -0.3 is 20.1 Å². The molecule has 0 atom stereocenters. The predicted octanol–water partition coefficient (Wildman–Crippen LogP) is 3.20. The van der Waals surface area contributed by atoms with E-state index in [-0.39, 0.29) is 24.0 Å². The highest BCUT2D eigenvalue weighted by Gasteiger charge is 2.13. The molecule has 0 aliphatic rings. The molecule has 0 radical (unpaired) electrons. The molecule has 0 aliphatic heterocycles. The number of carbonyl (C=O) groups is 1. The molecule has 142 valence electrons. The second-order valence-corrected chi connectivity index (χ2v) is 5.91. The van der Waals surface area contributed by atoms with Crippen molar-refractivity contribution in [1.82, 2.24) is 10.6 Å². The Morgan fingerprint density at radius 3 is 2.52 bits per heavy atom. The lowest BCUT2D eigenvalue weighted by Crippen LogP contribution is -2.37. The van der Waals surface area contributed by atoms with Crippen molar-refractivity contribution in [2.75, 3.05) is 27.8 Å². The minimum atomic E-state index is -0.412. The topological polar surface area (TPSA) is 72.0 Å². The molecule has 0 aliphatic carbocycles. The maximum absolute atomic E-state index is 11.8. The number of methoxy groups -OCH3 is 2. The maximum Gasteiger partial charge on any atom is 0.341 e. The van der Waals surface area contributed by atoms with Gasteiger partial charge in [0, 0.05) is 20.1 Å². The zero-order valence-electron chi connectivity index (χ0n) is 15.7. The van der Waals surface area contributed by atoms with Gasteiger partial charge in [0.1, 0.15) is 11.3 Å². The normalized spacial score (nSPS) is 10.9. The van der Waals surface area contributed by atoms with Crippen LogP contribution >= 0.6 is 24.0 Å². The zero-order valence-corrected chi connectivity index (χ0v) is 18.0. The van der Waals surface area contributed by atoms with Crippen LogP contribution in [0.15, 0.2) is 23.2 Å². The van der Waals surface area contributed by atoms with Crippen molar-refractivity contribution in [3.8, 4) is 5.75 Å². The Morgan fingerprint density at radius 2 is 1.96 bits per heavy atom. The Balaban J connectivity index is 0.00000576. The van der Waals surface area contributed by atoms with Crippen molar-refractivity contribution < 1.29 is 14.3 Å². The first kappa shape index (κ1) is 23.5. The van der Waals surface area contributed by atoms with Gasteiger partial charge in [-0.3, -0.25) is 4.99 Å². The molecular weight excluding hydrogens is 433 g/mol. The van der Waals surface area contributed by atoms with Gasteiger partial charge in [0.05, 0.1) is 14.2 Å². The number of halogens is 1. The lowest BCUT2D eigenvalue weighted by Gasteiger charge is -2.14. The average molecular weight is 463 g/mol. The Morgan fingerprint density at radius 1 is 1.24 bits per heavy atom. The fraction of sp³-hybridized carbons (Fsp3) is 0.556. The molecule has 2 N–H and O–H groups in total. The van der Waals surface area contributed by atoms with Crippen LogP contribution in [0.25, 0.3) is 0 Å². The number of hydrogen-bond donors (Lipinski definition) is 2. The SMILES string of the molecule is CN=C(NCCCC(C)C)NCc1ccc(OC)c(C(=O)OC)c1.I. The number of guanidine groups is 1. The summed E-state index contributed by atoms with van der Waals surface area (Å²) in [6.45, 7) is 5.87. The Hall–Kier alpha value is -1.51. The molecule has 1 aromatic carbocycles. The van der Waals surface area contributed by atoms with Crippen LogP contribution in [-0.2, 0) is 11.3 Å². The van der Waals surface area contributed by atoms with Crippen LogP contribution in [0, 0.1) is 5.92 Å². The number of benzene rings is 1. The highest BCUT2D eigenvalue weighted by atomic mass is 127. The molecule has 25 heavy (non-hydrogen) atoms. The van der Waals surface area contributed by atoms with Gasteiger partial charge in [-0.1, -0.05) is 19.9 Å². The van der Waals surface area contributed by atoms with Crippen molar-refractivity contribution in [2.24, 2.45) is 10.9 Å². The van der Waals surface area contributed by atoms with Crippen LogP contribution < -0.4 is 15.4 Å². The first-order valence-corrected chi connectivity index (χ1v) is 8.21. The smallest absolute Gasteiger partial charge is 0.341 e. The van der Waals surface area contributed by atoms with Crippen LogP contribution in [0.3, 0.4) is 0 Å². The number of carbonyl (C=O) groups excluding carboxylic acids is 1. The molecule has 0 fully saturated rings. The third kappa shape index (κ3) is 8.42. The van der Waals surface area contributed by atoms with Crippen LogP contribution in [-0.4, -0.2) is 39.7 Å². The molecule has 7 heteroatoms. The third-order valence-corrected chi connectivity index (χ3v) is 3.60. The third-order valence-electron chi connectivity index (χ3n) is 3.60. The second-order valence-electron chi connectivity index (χ2n) is 5.91. The van der Waals surface area contributed by atoms with Gasteiger partial charge in [0.15, 0.2) is 5.96 Å². The highest BCUT2D eigenvalue weighted by molar-refractivity contribution is 14.0. The molecule has 0 heterocycles. The van der Waals surface area contributed by atoms with Crippen LogP contribution in [0.4, 0.5) is 0 Å². The molecule has 1 aromatic rings. The summed E-state index contributed by atoms with van der Waals surface area (Å²) in [5.74, 6) is 1.54. The van der Waals surface area contributed by atoms with Gasteiger partial charge >= 0.3 is 5.97 Å². The zero-order chi connectivity index (χ0) is 17.9. The van der Waals surface area contributed by atoms with E-state index in [1.165, 1.54) is 20.6 Å². The molecular formula is C18H30IN3O3. The van der Waals surface area contributed by atoms with Gasteiger partial charge in [0.25, 0.3) is 0 Å². The standard InChI is InChI=1S/C18H29N3O3.HI/c1-13(2)7-6-10-20-18(19-3)21-12-14-8-9-16(23-4)15(11-14)17(22)24-5;/h8-9,11,13H,6-7,10,12H2,1-5H3,(H2,19,20,21);1H. The van der Waals surface area contributed by atoms with E-state index in [0.717, 1.165) is 24.5 Å². The van der Waals surface area contributed by atoms with Gasteiger partial charge in [-0.15, -0.1) is 24.0 Å². The second kappa shape index (κ2) is 12.8. The summed E-state index contributed by atoms with van der Waals surface area (Å²) in [5.41, 5.74) is 1.36. The van der Waals surface area contributed by atoms with Crippen molar-refractivity contribution in [2.45, 2.75) is 33.2 Å². The quantitative estimate of drug-likeness (QED) is 0.204. The molecule has 0 aromatic heterocycles. The van der Waals surface area contributed by atoms with Crippen molar-refractivity contribution in [1.29, 1.82) is 0 Å². The fourth-order valence-corrected chi connectivity index (χ4v) is 2.26. The first-order chi connectivity index (χ1) is 11.5. The van der Waals surface area contributed by atoms with Crippen molar-refractivity contribution >= 4 is 35.9 Å². The van der Waals surface area contributed by atoms with E-state index >= 15 is 0 Å². The summed E-state index contributed by atoms with van der Waals surface area (Å²) < 4.78 is 9.99. The largest absolute Gasteiger partial charge is 0.496 e. The Kier molecular flexibility index (Phi) is 12.0. The van der Waals surface area contributed by atoms with Crippen molar-refractivity contribution in [3.63, 3.8) is 0 Å². The van der Waals surface area contributed by atoms with Gasteiger partial charge in [-0.05, 0) is 36.5 Å². The molecule has 1 rings (SSSR count). The van der Waals surface area contributed by atoms with Crippen LogP contribution in [0.5, 0.6) is 5.75 Å². The summed E-state index contributed by atoms with van der Waals surface area (Å²) in [6, 6.07) is 5.44. The number of ether oxygens (including phenoxy) is 2. The number of nitrogens with one attached hydrogen (secondary N) is 2.